The highest BCUT2D eigenvalue weighted by atomic mass is 32.1. The van der Waals surface area contributed by atoms with Crippen LogP contribution in [0.3, 0.4) is 0 Å². The molecule has 0 spiro atoms. The number of carbonyl (C=O) groups excluding carboxylic acids is 2. The molecule has 2 rings (SSSR count). The second kappa shape index (κ2) is 6.20. The van der Waals surface area contributed by atoms with Gasteiger partial charge in [-0.3, -0.25) is 14.9 Å². The van der Waals surface area contributed by atoms with Gasteiger partial charge in [-0.15, -0.1) is 10.2 Å². The highest BCUT2D eigenvalue weighted by Crippen LogP contribution is 2.12. The number of aromatic nitrogens is 2. The third kappa shape index (κ3) is 3.82. The molecule has 2 N–H and O–H groups in total. The van der Waals surface area contributed by atoms with Gasteiger partial charge < -0.3 is 5.32 Å². The zero-order chi connectivity index (χ0) is 14.5. The van der Waals surface area contributed by atoms with Gasteiger partial charge in [-0.25, -0.2) is 4.39 Å². The molecule has 0 saturated heterocycles. The molecular formula is C12H11FN4O2S. The predicted molar refractivity (Wildman–Crippen MR) is 72.0 cm³/mol. The highest BCUT2D eigenvalue weighted by molar-refractivity contribution is 7.15. The fourth-order valence-electron chi connectivity index (χ4n) is 1.40. The van der Waals surface area contributed by atoms with Gasteiger partial charge in [-0.2, -0.15) is 0 Å². The largest absolute Gasteiger partial charge is 0.343 e. The molecule has 104 valence electrons. The topological polar surface area (TPSA) is 84.0 Å². The summed E-state index contributed by atoms with van der Waals surface area (Å²) in [5.74, 6) is -1.45. The summed E-state index contributed by atoms with van der Waals surface area (Å²) in [4.78, 5) is 23.2. The summed E-state index contributed by atoms with van der Waals surface area (Å²) in [6, 6.07) is 5.22. The van der Waals surface area contributed by atoms with Crippen molar-refractivity contribution in [2.24, 2.45) is 0 Å². The molecule has 8 heteroatoms. The molecule has 0 bridgehead atoms. The SMILES string of the molecule is Cc1nnc(NC(=O)CNC(=O)c2cccc(F)c2)s1. The molecule has 0 aliphatic rings. The van der Waals surface area contributed by atoms with Crippen LogP contribution in [0.5, 0.6) is 0 Å². The maximum absolute atomic E-state index is 12.9. The van der Waals surface area contributed by atoms with Gasteiger partial charge in [0, 0.05) is 5.56 Å². The molecule has 0 saturated carbocycles. The van der Waals surface area contributed by atoms with E-state index >= 15 is 0 Å². The number of nitrogens with zero attached hydrogens (tertiary/aromatic N) is 2. The lowest BCUT2D eigenvalue weighted by Crippen LogP contribution is -2.32. The van der Waals surface area contributed by atoms with Crippen molar-refractivity contribution >= 4 is 28.3 Å². The van der Waals surface area contributed by atoms with Gasteiger partial charge in [0.25, 0.3) is 5.91 Å². The minimum atomic E-state index is -0.520. The van der Waals surface area contributed by atoms with Crippen molar-refractivity contribution in [3.05, 3.63) is 40.7 Å². The van der Waals surface area contributed by atoms with Crippen molar-refractivity contribution in [3.63, 3.8) is 0 Å². The Kier molecular flexibility index (Phi) is 4.36. The number of hydrogen-bond acceptors (Lipinski definition) is 5. The number of halogens is 1. The molecule has 0 fully saturated rings. The standard InChI is InChI=1S/C12H11FN4O2S/c1-7-16-17-12(20-7)15-10(18)6-14-11(19)8-3-2-4-9(13)5-8/h2-5H,6H2,1H3,(H,14,19)(H,15,17,18). The number of rotatable bonds is 4. The molecule has 1 heterocycles. The van der Waals surface area contributed by atoms with Crippen LogP contribution in [0.25, 0.3) is 0 Å². The average molecular weight is 294 g/mol. The Balaban J connectivity index is 1.85. The Morgan fingerprint density at radius 1 is 1.35 bits per heavy atom. The van der Waals surface area contributed by atoms with Gasteiger partial charge >= 0.3 is 0 Å². The molecule has 0 aliphatic heterocycles. The van der Waals surface area contributed by atoms with Crippen LogP contribution >= 0.6 is 11.3 Å². The molecule has 2 amide bonds. The van der Waals surface area contributed by atoms with Crippen LogP contribution in [-0.2, 0) is 4.79 Å². The molecule has 6 nitrogen and oxygen atoms in total. The van der Waals surface area contributed by atoms with E-state index in [-0.39, 0.29) is 12.1 Å². The molecule has 0 unspecified atom stereocenters. The van der Waals surface area contributed by atoms with E-state index in [1.54, 1.807) is 6.92 Å². The summed E-state index contributed by atoms with van der Waals surface area (Å²) < 4.78 is 12.9. The number of aryl methyl sites for hydroxylation is 1. The molecule has 2 aromatic rings. The molecule has 1 aromatic heterocycles. The van der Waals surface area contributed by atoms with Gasteiger partial charge in [0.1, 0.15) is 10.8 Å². The third-order valence-corrected chi connectivity index (χ3v) is 3.02. The van der Waals surface area contributed by atoms with Gasteiger partial charge in [0.05, 0.1) is 6.54 Å². The summed E-state index contributed by atoms with van der Waals surface area (Å²) in [5, 5.41) is 13.5. The number of nitrogens with one attached hydrogen (secondary N) is 2. The van der Waals surface area contributed by atoms with Crippen molar-refractivity contribution < 1.29 is 14.0 Å². The Morgan fingerprint density at radius 2 is 2.15 bits per heavy atom. The van der Waals surface area contributed by atoms with Crippen molar-refractivity contribution in [1.82, 2.24) is 15.5 Å². The first-order chi connectivity index (χ1) is 9.54. The predicted octanol–water partition coefficient (Wildman–Crippen LogP) is 1.35. The second-order valence-electron chi connectivity index (χ2n) is 3.87. The maximum Gasteiger partial charge on any atom is 0.251 e. The van der Waals surface area contributed by atoms with Crippen molar-refractivity contribution in [2.45, 2.75) is 6.92 Å². The lowest BCUT2D eigenvalue weighted by Gasteiger charge is -2.04. The van der Waals surface area contributed by atoms with Crippen LogP contribution < -0.4 is 10.6 Å². The fourth-order valence-corrected chi connectivity index (χ4v) is 2.01. The first kappa shape index (κ1) is 14.1. The average Bonchev–Trinajstić information content (AvgIpc) is 2.81. The monoisotopic (exact) mass is 294 g/mol. The van der Waals surface area contributed by atoms with Crippen LogP contribution in [-0.4, -0.2) is 28.6 Å². The Morgan fingerprint density at radius 3 is 2.80 bits per heavy atom. The summed E-state index contributed by atoms with van der Waals surface area (Å²) in [6.07, 6.45) is 0. The van der Waals surface area contributed by atoms with E-state index in [0.29, 0.717) is 5.13 Å². The number of amides is 2. The first-order valence-electron chi connectivity index (χ1n) is 5.68. The minimum absolute atomic E-state index is 0.157. The highest BCUT2D eigenvalue weighted by Gasteiger charge is 2.10. The second-order valence-corrected chi connectivity index (χ2v) is 5.05. The Bertz CT molecular complexity index is 644. The van der Waals surface area contributed by atoms with E-state index in [2.05, 4.69) is 20.8 Å². The Hall–Kier alpha value is -2.35. The van der Waals surface area contributed by atoms with Crippen LogP contribution in [0.15, 0.2) is 24.3 Å². The molecular weight excluding hydrogens is 283 g/mol. The molecule has 0 radical (unpaired) electrons. The van der Waals surface area contributed by atoms with Crippen molar-refractivity contribution in [3.8, 4) is 0 Å². The van der Waals surface area contributed by atoms with E-state index in [4.69, 9.17) is 0 Å². The summed E-state index contributed by atoms with van der Waals surface area (Å²) in [6.45, 7) is 1.53. The smallest absolute Gasteiger partial charge is 0.251 e. The molecule has 0 aliphatic carbocycles. The minimum Gasteiger partial charge on any atom is -0.343 e. The van der Waals surface area contributed by atoms with E-state index in [1.165, 1.54) is 29.5 Å². The summed E-state index contributed by atoms with van der Waals surface area (Å²) in [7, 11) is 0. The van der Waals surface area contributed by atoms with E-state index in [0.717, 1.165) is 11.1 Å². The summed E-state index contributed by atoms with van der Waals surface area (Å²) >= 11 is 1.23. The third-order valence-electron chi connectivity index (χ3n) is 2.27. The number of benzene rings is 1. The summed E-state index contributed by atoms with van der Waals surface area (Å²) in [5.41, 5.74) is 0.157. The van der Waals surface area contributed by atoms with Crippen molar-refractivity contribution in [1.29, 1.82) is 0 Å². The fraction of sp³-hybridized carbons (Fsp3) is 0.167. The molecule has 20 heavy (non-hydrogen) atoms. The zero-order valence-electron chi connectivity index (χ0n) is 10.5. The zero-order valence-corrected chi connectivity index (χ0v) is 11.3. The lowest BCUT2D eigenvalue weighted by molar-refractivity contribution is -0.115. The number of anilines is 1. The van der Waals surface area contributed by atoms with Crippen LogP contribution in [0.4, 0.5) is 9.52 Å². The van der Waals surface area contributed by atoms with Gasteiger partial charge in [0.2, 0.25) is 11.0 Å². The Labute approximate surface area is 118 Å². The quantitative estimate of drug-likeness (QED) is 0.891. The van der Waals surface area contributed by atoms with Crippen LogP contribution in [0.2, 0.25) is 0 Å². The number of hydrogen-bond donors (Lipinski definition) is 2. The molecule has 1 aromatic carbocycles. The van der Waals surface area contributed by atoms with E-state index in [1.807, 2.05) is 0 Å². The normalized spacial score (nSPS) is 10.1. The molecule has 0 atom stereocenters. The van der Waals surface area contributed by atoms with E-state index < -0.39 is 17.6 Å². The first-order valence-corrected chi connectivity index (χ1v) is 6.50. The van der Waals surface area contributed by atoms with E-state index in [9.17, 15) is 14.0 Å². The van der Waals surface area contributed by atoms with Crippen LogP contribution in [0, 0.1) is 12.7 Å². The maximum atomic E-state index is 12.9. The van der Waals surface area contributed by atoms with Crippen molar-refractivity contribution in [2.75, 3.05) is 11.9 Å². The van der Waals surface area contributed by atoms with Crippen LogP contribution in [0.1, 0.15) is 15.4 Å². The number of carbonyl (C=O) groups is 2. The lowest BCUT2D eigenvalue weighted by atomic mass is 10.2. The van der Waals surface area contributed by atoms with Gasteiger partial charge in [-0.05, 0) is 25.1 Å². The van der Waals surface area contributed by atoms with Gasteiger partial charge in [0.15, 0.2) is 0 Å². The van der Waals surface area contributed by atoms with Gasteiger partial charge in [-0.1, -0.05) is 17.4 Å².